The van der Waals surface area contributed by atoms with Crippen LogP contribution in [0.3, 0.4) is 0 Å². The third-order valence-electron chi connectivity index (χ3n) is 3.47. The predicted octanol–water partition coefficient (Wildman–Crippen LogP) is 2.06. The molecule has 1 saturated heterocycles. The Bertz CT molecular complexity index is 494. The lowest BCUT2D eigenvalue weighted by atomic mass is 9.98. The van der Waals surface area contributed by atoms with Crippen molar-refractivity contribution >= 4 is 5.78 Å². The summed E-state index contributed by atoms with van der Waals surface area (Å²) in [6.07, 6.45) is -0.0923. The number of rotatable bonds is 1. The molecule has 17 heavy (non-hydrogen) atoms. The Morgan fingerprint density at radius 1 is 1.47 bits per heavy atom. The van der Waals surface area contributed by atoms with E-state index in [1.807, 2.05) is 0 Å². The first-order chi connectivity index (χ1) is 8.08. The van der Waals surface area contributed by atoms with Gasteiger partial charge in [-0.15, -0.1) is 0 Å². The topological polar surface area (TPSA) is 55.8 Å². The molecule has 2 aliphatic heterocycles. The number of aromatic hydroxyl groups is 1. The van der Waals surface area contributed by atoms with Crippen LogP contribution in [0.15, 0.2) is 12.1 Å². The summed E-state index contributed by atoms with van der Waals surface area (Å²) in [4.78, 5) is 11.4. The molecule has 1 aromatic carbocycles. The maximum atomic E-state index is 11.4. The zero-order valence-corrected chi connectivity index (χ0v) is 9.77. The average molecular weight is 234 g/mol. The summed E-state index contributed by atoms with van der Waals surface area (Å²) in [5.41, 5.74) is 1.21. The number of carbonyl (C=O) groups excluding carboxylic acids is 1. The largest absolute Gasteiger partial charge is 0.507 e. The number of benzene rings is 1. The van der Waals surface area contributed by atoms with E-state index in [9.17, 15) is 9.90 Å². The molecule has 1 fully saturated rings. The molecule has 0 saturated carbocycles. The highest BCUT2D eigenvalue weighted by molar-refractivity contribution is 5.97. The second-order valence-electron chi connectivity index (χ2n) is 4.78. The van der Waals surface area contributed by atoms with Crippen LogP contribution in [0.2, 0.25) is 0 Å². The van der Waals surface area contributed by atoms with Crippen LogP contribution >= 0.6 is 0 Å². The highest BCUT2D eigenvalue weighted by Gasteiger charge is 2.44. The smallest absolute Gasteiger partial charge is 0.163 e. The number of phenolic OH excluding ortho intramolecular Hbond substituents is 1. The van der Waals surface area contributed by atoms with E-state index in [4.69, 9.17) is 9.47 Å². The minimum atomic E-state index is -0.153. The zero-order chi connectivity index (χ0) is 12.2. The van der Waals surface area contributed by atoms with E-state index in [0.29, 0.717) is 23.8 Å². The van der Waals surface area contributed by atoms with Crippen molar-refractivity contribution in [1.82, 2.24) is 0 Å². The lowest BCUT2D eigenvalue weighted by Gasteiger charge is -2.11. The van der Waals surface area contributed by atoms with Gasteiger partial charge in [0, 0.05) is 17.5 Å². The fourth-order valence-corrected chi connectivity index (χ4v) is 2.53. The van der Waals surface area contributed by atoms with Crippen LogP contribution in [0.1, 0.15) is 35.9 Å². The molecule has 0 aliphatic carbocycles. The van der Waals surface area contributed by atoms with Gasteiger partial charge in [0.25, 0.3) is 0 Å². The summed E-state index contributed by atoms with van der Waals surface area (Å²) in [6.45, 7) is 4.18. The predicted molar refractivity (Wildman–Crippen MR) is 60.4 cm³/mol. The molecule has 3 rings (SSSR count). The summed E-state index contributed by atoms with van der Waals surface area (Å²) in [7, 11) is 0. The van der Waals surface area contributed by atoms with Crippen molar-refractivity contribution in [2.45, 2.75) is 26.1 Å². The Balaban J connectivity index is 2.08. The van der Waals surface area contributed by atoms with E-state index in [1.54, 1.807) is 6.07 Å². The Labute approximate surface area is 99.2 Å². The summed E-state index contributed by atoms with van der Waals surface area (Å²) in [6, 6.07) is 3.20. The summed E-state index contributed by atoms with van der Waals surface area (Å²) < 4.78 is 11.4. The van der Waals surface area contributed by atoms with Crippen LogP contribution in [0, 0.1) is 5.92 Å². The molecule has 0 amide bonds. The molecule has 0 unspecified atom stereocenters. The lowest BCUT2D eigenvalue weighted by Crippen LogP contribution is -2.20. The van der Waals surface area contributed by atoms with Gasteiger partial charge in [-0.25, -0.2) is 0 Å². The highest BCUT2D eigenvalue weighted by Crippen LogP contribution is 2.47. The lowest BCUT2D eigenvalue weighted by molar-refractivity contribution is 0.0790. The normalized spacial score (nSPS) is 29.6. The summed E-state index contributed by atoms with van der Waals surface area (Å²) in [5.74, 6) is 0.785. The monoisotopic (exact) mass is 234 g/mol. The van der Waals surface area contributed by atoms with Crippen molar-refractivity contribution in [2.75, 3.05) is 6.61 Å². The van der Waals surface area contributed by atoms with Gasteiger partial charge in [-0.3, -0.25) is 4.79 Å². The molecule has 0 spiro atoms. The van der Waals surface area contributed by atoms with E-state index in [-0.39, 0.29) is 23.7 Å². The zero-order valence-electron chi connectivity index (χ0n) is 9.77. The van der Waals surface area contributed by atoms with Gasteiger partial charge in [-0.05, 0) is 13.0 Å². The molecule has 4 heteroatoms. The van der Waals surface area contributed by atoms with Crippen LogP contribution in [0.4, 0.5) is 0 Å². The van der Waals surface area contributed by atoms with Crippen LogP contribution in [0.5, 0.6) is 11.5 Å². The Kier molecular flexibility index (Phi) is 2.16. The van der Waals surface area contributed by atoms with Crippen LogP contribution in [0.25, 0.3) is 0 Å². The van der Waals surface area contributed by atoms with Gasteiger partial charge in [0.2, 0.25) is 0 Å². The molecule has 1 N–H and O–H groups in total. The van der Waals surface area contributed by atoms with Crippen molar-refractivity contribution in [3.63, 3.8) is 0 Å². The number of hydrogen-bond donors (Lipinski definition) is 1. The van der Waals surface area contributed by atoms with Gasteiger partial charge in [0.1, 0.15) is 23.7 Å². The van der Waals surface area contributed by atoms with Crippen molar-refractivity contribution < 1.29 is 19.4 Å². The molecule has 2 heterocycles. The van der Waals surface area contributed by atoms with Crippen molar-refractivity contribution in [3.8, 4) is 11.5 Å². The first kappa shape index (κ1) is 10.6. The molecule has 1 aromatic rings. The first-order valence-corrected chi connectivity index (χ1v) is 5.74. The van der Waals surface area contributed by atoms with E-state index in [1.165, 1.54) is 13.0 Å². The molecular formula is C13H14O4. The molecule has 0 radical (unpaired) electrons. The molecule has 4 nitrogen and oxygen atoms in total. The van der Waals surface area contributed by atoms with E-state index < -0.39 is 0 Å². The fourth-order valence-electron chi connectivity index (χ4n) is 2.53. The van der Waals surface area contributed by atoms with Crippen molar-refractivity contribution in [1.29, 1.82) is 0 Å². The third kappa shape index (κ3) is 1.44. The number of carbonyl (C=O) groups is 1. The first-order valence-electron chi connectivity index (χ1n) is 5.74. The molecule has 0 aromatic heterocycles. The fraction of sp³-hybridized carbons (Fsp3) is 0.462. The van der Waals surface area contributed by atoms with Crippen molar-refractivity contribution in [2.24, 2.45) is 5.92 Å². The van der Waals surface area contributed by atoms with Crippen LogP contribution in [-0.2, 0) is 4.74 Å². The molecule has 90 valence electrons. The maximum Gasteiger partial charge on any atom is 0.163 e. The Hall–Kier alpha value is -1.55. The molecular weight excluding hydrogens is 220 g/mol. The summed E-state index contributed by atoms with van der Waals surface area (Å²) >= 11 is 0. The van der Waals surface area contributed by atoms with Gasteiger partial charge in [-0.2, -0.15) is 0 Å². The van der Waals surface area contributed by atoms with Crippen LogP contribution in [-0.4, -0.2) is 23.6 Å². The highest BCUT2D eigenvalue weighted by atomic mass is 16.6. The van der Waals surface area contributed by atoms with E-state index in [2.05, 4.69) is 6.92 Å². The van der Waals surface area contributed by atoms with Gasteiger partial charge >= 0.3 is 0 Å². The second kappa shape index (κ2) is 3.47. The standard InChI is InChI=1S/C13H14O4/c1-6-5-16-13-9-3-8(7(2)14)10(15)4-11(9)17-12(6)13/h3-4,6,12-13,15H,5H2,1-2H3/t6-,12+,13-/m0/s1. The van der Waals surface area contributed by atoms with Crippen molar-refractivity contribution in [3.05, 3.63) is 23.3 Å². The quantitative estimate of drug-likeness (QED) is 0.756. The SMILES string of the molecule is CC(=O)c1cc2c(cc1O)O[C@@H]1[C@@H](C)CO[C@@H]21. The Morgan fingerprint density at radius 2 is 2.24 bits per heavy atom. The van der Waals surface area contributed by atoms with Gasteiger partial charge in [-0.1, -0.05) is 6.92 Å². The molecule has 0 bridgehead atoms. The number of Topliss-reactive ketones (excluding diaryl/α,β-unsaturated/α-hetero) is 1. The van der Waals surface area contributed by atoms with Crippen LogP contribution < -0.4 is 4.74 Å². The Morgan fingerprint density at radius 3 is 2.94 bits per heavy atom. The molecule has 2 aliphatic rings. The minimum Gasteiger partial charge on any atom is -0.507 e. The van der Waals surface area contributed by atoms with Gasteiger partial charge in [0.15, 0.2) is 5.78 Å². The maximum absolute atomic E-state index is 11.4. The minimum absolute atomic E-state index is 0.00612. The van der Waals surface area contributed by atoms with E-state index >= 15 is 0 Å². The number of hydrogen-bond acceptors (Lipinski definition) is 4. The van der Waals surface area contributed by atoms with Gasteiger partial charge in [0.05, 0.1) is 12.2 Å². The average Bonchev–Trinajstić information content (AvgIpc) is 2.77. The van der Waals surface area contributed by atoms with E-state index in [0.717, 1.165) is 5.56 Å². The second-order valence-corrected chi connectivity index (χ2v) is 4.78. The van der Waals surface area contributed by atoms with Gasteiger partial charge < -0.3 is 14.6 Å². The third-order valence-corrected chi connectivity index (χ3v) is 3.47. The number of fused-ring (bicyclic) bond motifs is 3. The molecule has 3 atom stereocenters. The number of ketones is 1. The number of ether oxygens (including phenoxy) is 2. The number of phenols is 1. The summed E-state index contributed by atoms with van der Waals surface area (Å²) in [5, 5.41) is 9.73.